The van der Waals surface area contributed by atoms with Crippen molar-refractivity contribution < 1.29 is 18.6 Å². The number of rotatable bonds is 9. The van der Waals surface area contributed by atoms with Gasteiger partial charge in [0.25, 0.3) is 0 Å². The van der Waals surface area contributed by atoms with Crippen molar-refractivity contribution in [3.63, 3.8) is 0 Å². The molecular weight excluding hydrogens is 355 g/mol. The molecule has 2 fully saturated rings. The first kappa shape index (κ1) is 21.7. The van der Waals surface area contributed by atoms with Crippen LogP contribution in [0.4, 0.5) is 4.39 Å². The Hall–Kier alpha value is -0.970. The third-order valence-corrected chi connectivity index (χ3v) is 6.38. The molecule has 0 unspecified atom stereocenters. The smallest absolute Gasteiger partial charge is 0.160 e. The lowest BCUT2D eigenvalue weighted by atomic mass is 9.78. The minimum atomic E-state index is -0.138. The van der Waals surface area contributed by atoms with Crippen LogP contribution in [0.5, 0.6) is 0 Å². The second-order valence-electron chi connectivity index (χ2n) is 8.50. The van der Waals surface area contributed by atoms with Crippen molar-refractivity contribution >= 4 is 0 Å². The van der Waals surface area contributed by atoms with Gasteiger partial charge >= 0.3 is 0 Å². The first-order valence-electron chi connectivity index (χ1n) is 11.3. The van der Waals surface area contributed by atoms with Gasteiger partial charge in [0.1, 0.15) is 5.82 Å². The Morgan fingerprint density at radius 3 is 2.43 bits per heavy atom. The zero-order chi connectivity index (χ0) is 19.8. The van der Waals surface area contributed by atoms with Crippen molar-refractivity contribution in [1.29, 1.82) is 0 Å². The highest BCUT2D eigenvalue weighted by Gasteiger charge is 2.32. The summed E-state index contributed by atoms with van der Waals surface area (Å²) in [6.07, 6.45) is 9.39. The van der Waals surface area contributed by atoms with E-state index in [1.54, 1.807) is 6.07 Å². The quantitative estimate of drug-likeness (QED) is 0.468. The Morgan fingerprint density at radius 1 is 1.04 bits per heavy atom. The fraction of sp³-hybridized carbons (Fsp3) is 0.750. The summed E-state index contributed by atoms with van der Waals surface area (Å²) in [6, 6.07) is 5.68. The topological polar surface area (TPSA) is 27.7 Å². The Balaban J connectivity index is 1.43. The molecule has 1 aliphatic carbocycles. The normalized spacial score (nSPS) is 28.4. The summed E-state index contributed by atoms with van der Waals surface area (Å²) in [6.45, 7) is 6.82. The van der Waals surface area contributed by atoms with Gasteiger partial charge in [-0.1, -0.05) is 38.3 Å². The summed E-state index contributed by atoms with van der Waals surface area (Å²) in [5.74, 6) is 1.35. The van der Waals surface area contributed by atoms with Gasteiger partial charge in [-0.2, -0.15) is 0 Å². The van der Waals surface area contributed by atoms with Gasteiger partial charge < -0.3 is 14.2 Å². The zero-order valence-corrected chi connectivity index (χ0v) is 17.6. The summed E-state index contributed by atoms with van der Waals surface area (Å²) in [7, 11) is 0. The summed E-state index contributed by atoms with van der Waals surface area (Å²) < 4.78 is 31.8. The molecule has 0 radical (unpaired) electrons. The molecule has 3 rings (SSSR count). The number of ether oxygens (including phenoxy) is 3. The molecular formula is C24H37FO3. The largest absolute Gasteiger partial charge is 0.377 e. The summed E-state index contributed by atoms with van der Waals surface area (Å²) in [5, 5.41) is 0. The molecule has 0 amide bonds. The molecule has 28 heavy (non-hydrogen) atoms. The van der Waals surface area contributed by atoms with E-state index in [1.165, 1.54) is 25.7 Å². The molecule has 0 bridgehead atoms. The molecule has 1 aliphatic heterocycles. The number of hydrogen-bond acceptors (Lipinski definition) is 3. The van der Waals surface area contributed by atoms with Gasteiger partial charge in [-0.25, -0.2) is 4.39 Å². The van der Waals surface area contributed by atoms with Crippen LogP contribution < -0.4 is 0 Å². The molecule has 0 N–H and O–H groups in total. The predicted molar refractivity (Wildman–Crippen MR) is 110 cm³/mol. The average molecular weight is 393 g/mol. The first-order valence-corrected chi connectivity index (χ1v) is 11.3. The van der Waals surface area contributed by atoms with Crippen LogP contribution >= 0.6 is 0 Å². The fourth-order valence-electron chi connectivity index (χ4n) is 4.55. The van der Waals surface area contributed by atoms with Crippen LogP contribution in [0.25, 0.3) is 0 Å². The van der Waals surface area contributed by atoms with E-state index in [-0.39, 0.29) is 12.1 Å². The van der Waals surface area contributed by atoms with Crippen LogP contribution in [0.2, 0.25) is 0 Å². The van der Waals surface area contributed by atoms with E-state index in [9.17, 15) is 4.39 Å². The fourth-order valence-corrected chi connectivity index (χ4v) is 4.55. The van der Waals surface area contributed by atoms with Gasteiger partial charge in [-0.15, -0.1) is 0 Å². The van der Waals surface area contributed by atoms with Gasteiger partial charge in [0.05, 0.1) is 19.8 Å². The Bertz CT molecular complexity index is 575. The maximum absolute atomic E-state index is 14.3. The molecule has 2 aliphatic rings. The second kappa shape index (κ2) is 11.3. The highest BCUT2D eigenvalue weighted by molar-refractivity contribution is 5.27. The minimum absolute atomic E-state index is 0.0336. The molecule has 0 spiro atoms. The lowest BCUT2D eigenvalue weighted by Crippen LogP contribution is -2.38. The van der Waals surface area contributed by atoms with Crippen molar-refractivity contribution in [3.05, 3.63) is 35.1 Å². The van der Waals surface area contributed by atoms with E-state index in [0.717, 1.165) is 44.5 Å². The number of unbranched alkanes of at least 4 members (excludes halogenated alkanes) is 2. The molecule has 158 valence electrons. The molecule has 1 heterocycles. The number of halogens is 1. The van der Waals surface area contributed by atoms with Crippen LogP contribution in [-0.2, 0) is 20.8 Å². The van der Waals surface area contributed by atoms with Gasteiger partial charge in [0, 0.05) is 24.0 Å². The second-order valence-corrected chi connectivity index (χ2v) is 8.50. The Kier molecular flexibility index (Phi) is 8.75. The van der Waals surface area contributed by atoms with Crippen LogP contribution in [0.15, 0.2) is 18.2 Å². The highest BCUT2D eigenvalue weighted by Crippen LogP contribution is 2.39. The van der Waals surface area contributed by atoms with Crippen molar-refractivity contribution in [2.45, 2.75) is 84.0 Å². The monoisotopic (exact) mass is 392 g/mol. The molecule has 3 nitrogen and oxygen atoms in total. The van der Waals surface area contributed by atoms with Crippen molar-refractivity contribution in [1.82, 2.24) is 0 Å². The standard InChI is InChI=1S/C24H37FO3/c1-3-5-6-7-18-15-27-24(28-16-18)20-10-8-19(9-11-20)21-12-13-22(17-26-4-2)23(25)14-21/h12-14,18-20,24H,3-11,15-17H2,1-2H3. The molecule has 1 aromatic carbocycles. The van der Waals surface area contributed by atoms with Gasteiger partial charge in [-0.05, 0) is 56.6 Å². The predicted octanol–water partition coefficient (Wildman–Crippen LogP) is 6.21. The van der Waals surface area contributed by atoms with E-state index < -0.39 is 0 Å². The SMILES string of the molecule is CCCCCC1COC(C2CCC(c3ccc(COCC)c(F)c3)CC2)OC1. The van der Waals surface area contributed by atoms with E-state index in [2.05, 4.69) is 13.0 Å². The lowest BCUT2D eigenvalue weighted by molar-refractivity contribution is -0.229. The van der Waals surface area contributed by atoms with Crippen molar-refractivity contribution in [2.24, 2.45) is 11.8 Å². The zero-order valence-electron chi connectivity index (χ0n) is 17.6. The molecule has 4 heteroatoms. The van der Waals surface area contributed by atoms with Gasteiger partial charge in [0.2, 0.25) is 0 Å². The Morgan fingerprint density at radius 2 is 1.79 bits per heavy atom. The van der Waals surface area contributed by atoms with Crippen LogP contribution in [0, 0.1) is 17.7 Å². The molecule has 0 atom stereocenters. The molecule has 1 aromatic rings. The van der Waals surface area contributed by atoms with Crippen molar-refractivity contribution in [3.8, 4) is 0 Å². The van der Waals surface area contributed by atoms with Crippen LogP contribution in [-0.4, -0.2) is 26.1 Å². The summed E-state index contributed by atoms with van der Waals surface area (Å²) >= 11 is 0. The van der Waals surface area contributed by atoms with Crippen LogP contribution in [0.1, 0.15) is 82.3 Å². The van der Waals surface area contributed by atoms with E-state index >= 15 is 0 Å². The molecule has 1 saturated carbocycles. The van der Waals surface area contributed by atoms with Crippen LogP contribution in [0.3, 0.4) is 0 Å². The van der Waals surface area contributed by atoms with Gasteiger partial charge in [0.15, 0.2) is 6.29 Å². The van der Waals surface area contributed by atoms with E-state index in [0.29, 0.717) is 36.5 Å². The lowest BCUT2D eigenvalue weighted by Gasteiger charge is -2.37. The summed E-state index contributed by atoms with van der Waals surface area (Å²) in [4.78, 5) is 0. The highest BCUT2D eigenvalue weighted by atomic mass is 19.1. The maximum atomic E-state index is 14.3. The van der Waals surface area contributed by atoms with Gasteiger partial charge in [-0.3, -0.25) is 0 Å². The van der Waals surface area contributed by atoms with E-state index in [4.69, 9.17) is 14.2 Å². The van der Waals surface area contributed by atoms with E-state index in [1.807, 2.05) is 13.0 Å². The molecule has 1 saturated heterocycles. The average Bonchev–Trinajstić information content (AvgIpc) is 2.74. The first-order chi connectivity index (χ1) is 13.7. The molecule has 0 aromatic heterocycles. The third-order valence-electron chi connectivity index (χ3n) is 6.38. The number of benzene rings is 1. The minimum Gasteiger partial charge on any atom is -0.377 e. The maximum Gasteiger partial charge on any atom is 0.160 e. The Labute approximate surface area is 169 Å². The number of hydrogen-bond donors (Lipinski definition) is 0. The summed E-state index contributed by atoms with van der Waals surface area (Å²) in [5.41, 5.74) is 1.77. The van der Waals surface area contributed by atoms with Crippen molar-refractivity contribution in [2.75, 3.05) is 19.8 Å². The third kappa shape index (κ3) is 6.01.